The monoisotopic (exact) mass is 395 g/mol. The molecule has 0 aromatic heterocycles. The summed E-state index contributed by atoms with van der Waals surface area (Å²) in [5, 5.41) is 4.11. The smallest absolute Gasteiger partial charge is 0.289 e. The summed E-state index contributed by atoms with van der Waals surface area (Å²) in [6, 6.07) is 12.4. The number of ketones is 1. The molecule has 0 spiro atoms. The van der Waals surface area contributed by atoms with E-state index in [9.17, 15) is 18.0 Å². The molecule has 0 fully saturated rings. The number of carbonyl (C=O) groups is 1. The lowest BCUT2D eigenvalue weighted by atomic mass is 9.61. The van der Waals surface area contributed by atoms with E-state index in [0.717, 1.165) is 12.1 Å². The average Bonchev–Trinajstić information content (AvgIpc) is 3.30. The Balaban J connectivity index is 1.81. The van der Waals surface area contributed by atoms with E-state index in [-0.39, 0.29) is 5.78 Å². The van der Waals surface area contributed by atoms with E-state index in [1.54, 1.807) is 24.4 Å². The van der Waals surface area contributed by atoms with Crippen LogP contribution in [0.2, 0.25) is 0 Å². The molecule has 5 rings (SSSR count). The number of nitrogens with zero attached hydrogens (tertiary/aromatic N) is 2. The third-order valence-corrected chi connectivity index (χ3v) is 6.06. The highest BCUT2D eigenvalue weighted by Gasteiger charge is 2.54. The molecule has 0 saturated heterocycles. The molecule has 146 valence electrons. The van der Waals surface area contributed by atoms with E-state index in [2.05, 4.69) is 15.5 Å². The number of alkyl halides is 3. The molecular weight excluding hydrogens is 379 g/mol. The molecule has 1 aliphatic carbocycles. The molecule has 0 saturated carbocycles. The zero-order chi connectivity index (χ0) is 20.4. The maximum absolute atomic E-state index is 13.5. The number of carbonyl (C=O) groups excluding carboxylic acids is 1. The van der Waals surface area contributed by atoms with E-state index in [1.165, 1.54) is 6.07 Å². The number of amidine groups is 1. The van der Waals surface area contributed by atoms with Crippen LogP contribution in [0.25, 0.3) is 5.70 Å². The molecule has 3 aliphatic rings. The molecule has 2 heterocycles. The molecule has 2 atom stereocenters. The number of hydrogen-bond acceptors (Lipinski definition) is 4. The molecule has 1 unspecified atom stereocenters. The Bertz CT molecular complexity index is 1150. The predicted octanol–water partition coefficient (Wildman–Crippen LogP) is 4.58. The van der Waals surface area contributed by atoms with Gasteiger partial charge in [0, 0.05) is 28.3 Å². The highest BCUT2D eigenvalue weighted by atomic mass is 19.4. The maximum atomic E-state index is 13.5. The minimum absolute atomic E-state index is 0.182. The number of hydrazone groups is 1. The predicted molar refractivity (Wildman–Crippen MR) is 104 cm³/mol. The summed E-state index contributed by atoms with van der Waals surface area (Å²) in [7, 11) is 0. The van der Waals surface area contributed by atoms with E-state index < -0.39 is 23.1 Å². The zero-order valence-corrected chi connectivity index (χ0v) is 15.4. The van der Waals surface area contributed by atoms with Gasteiger partial charge in [0.25, 0.3) is 0 Å². The number of hydrogen-bond donors (Lipinski definition) is 1. The van der Waals surface area contributed by atoms with Crippen LogP contribution in [0.1, 0.15) is 40.4 Å². The van der Waals surface area contributed by atoms with Crippen molar-refractivity contribution in [2.24, 2.45) is 16.0 Å². The third-order valence-electron chi connectivity index (χ3n) is 6.06. The lowest BCUT2D eigenvalue weighted by molar-refractivity contribution is -0.137. The van der Waals surface area contributed by atoms with E-state index in [0.29, 0.717) is 40.2 Å². The average molecular weight is 395 g/mol. The van der Waals surface area contributed by atoms with Crippen LogP contribution in [0, 0.1) is 5.92 Å². The van der Waals surface area contributed by atoms with Gasteiger partial charge in [-0.3, -0.25) is 10.2 Å². The van der Waals surface area contributed by atoms with Crippen molar-refractivity contribution in [3.05, 3.63) is 76.4 Å². The summed E-state index contributed by atoms with van der Waals surface area (Å²) >= 11 is 0. The Labute approximate surface area is 164 Å². The van der Waals surface area contributed by atoms with Gasteiger partial charge in [0.1, 0.15) is 5.84 Å². The van der Waals surface area contributed by atoms with Gasteiger partial charge >= 0.3 is 6.18 Å². The standard InChI is InChI=1S/C22H16F3N3O/c1-2-21(12-6-5-7-13(10-12)22(23,24)25)16-11-26-28-20(16)27-18-14-8-3-4-9-15(14)19(29)17(18)21/h3-11,16H,2H2,1H3,(H,27,28)/t16?,21-/m0/s1. The second-order valence-corrected chi connectivity index (χ2v) is 7.37. The van der Waals surface area contributed by atoms with E-state index >= 15 is 0 Å². The topological polar surface area (TPSA) is 53.8 Å². The largest absolute Gasteiger partial charge is 0.416 e. The van der Waals surface area contributed by atoms with Gasteiger partial charge in [-0.15, -0.1) is 0 Å². The first-order chi connectivity index (χ1) is 13.9. The molecule has 7 heteroatoms. The summed E-state index contributed by atoms with van der Waals surface area (Å²) in [6.07, 6.45) is -2.41. The molecular formula is C22H16F3N3O. The van der Waals surface area contributed by atoms with Crippen LogP contribution in [-0.2, 0) is 11.6 Å². The minimum atomic E-state index is -4.47. The summed E-state index contributed by atoms with van der Waals surface area (Å²) < 4.78 is 40.4. The van der Waals surface area contributed by atoms with Crippen LogP contribution in [0.3, 0.4) is 0 Å². The van der Waals surface area contributed by atoms with Crippen molar-refractivity contribution in [1.29, 1.82) is 0 Å². The Kier molecular flexibility index (Phi) is 3.62. The fraction of sp³-hybridized carbons (Fsp3) is 0.227. The Morgan fingerprint density at radius 2 is 1.86 bits per heavy atom. The van der Waals surface area contributed by atoms with Crippen molar-refractivity contribution in [3.8, 4) is 0 Å². The normalized spacial score (nSPS) is 24.8. The number of fused-ring (bicyclic) bond motifs is 3. The highest BCUT2D eigenvalue weighted by Crippen LogP contribution is 2.53. The van der Waals surface area contributed by atoms with Gasteiger partial charge in [-0.05, 0) is 18.1 Å². The lowest BCUT2D eigenvalue weighted by Crippen LogP contribution is -2.46. The Hall–Kier alpha value is -3.22. The first-order valence-electron chi connectivity index (χ1n) is 9.32. The number of nitrogens with one attached hydrogen (secondary N) is 1. The van der Waals surface area contributed by atoms with Gasteiger partial charge in [-0.2, -0.15) is 18.3 Å². The Morgan fingerprint density at radius 1 is 1.10 bits per heavy atom. The van der Waals surface area contributed by atoms with E-state index in [1.807, 2.05) is 19.1 Å². The van der Waals surface area contributed by atoms with Crippen molar-refractivity contribution in [2.45, 2.75) is 24.9 Å². The molecule has 1 N–H and O–H groups in total. The Morgan fingerprint density at radius 3 is 2.59 bits per heavy atom. The number of benzene rings is 2. The fourth-order valence-electron chi connectivity index (χ4n) is 4.74. The van der Waals surface area contributed by atoms with Crippen LogP contribution >= 0.6 is 0 Å². The molecule has 4 nitrogen and oxygen atoms in total. The second-order valence-electron chi connectivity index (χ2n) is 7.37. The minimum Gasteiger partial charge on any atom is -0.289 e. The van der Waals surface area contributed by atoms with Crippen LogP contribution in [0.4, 0.5) is 13.2 Å². The zero-order valence-electron chi connectivity index (χ0n) is 15.4. The van der Waals surface area contributed by atoms with Crippen molar-refractivity contribution in [3.63, 3.8) is 0 Å². The van der Waals surface area contributed by atoms with Crippen LogP contribution in [0.5, 0.6) is 0 Å². The SMILES string of the molecule is CC[C@@]1(c2cccc(C(F)(F)F)c2)C2=C(N=C3NN=CC31)c1ccccc1C2=O. The van der Waals surface area contributed by atoms with Gasteiger partial charge < -0.3 is 0 Å². The number of allylic oxidation sites excluding steroid dienone is 1. The van der Waals surface area contributed by atoms with Gasteiger partial charge in [0.2, 0.25) is 0 Å². The lowest BCUT2D eigenvalue weighted by Gasteiger charge is -2.41. The summed E-state index contributed by atoms with van der Waals surface area (Å²) in [4.78, 5) is 18.1. The van der Waals surface area contributed by atoms with Gasteiger partial charge in [-0.1, -0.05) is 49.4 Å². The molecule has 0 bridgehead atoms. The van der Waals surface area contributed by atoms with Crippen LogP contribution in [-0.4, -0.2) is 17.8 Å². The van der Waals surface area contributed by atoms with Gasteiger partial charge in [0.05, 0.1) is 17.2 Å². The quantitative estimate of drug-likeness (QED) is 0.809. The fourth-order valence-corrected chi connectivity index (χ4v) is 4.74. The molecule has 2 aromatic rings. The van der Waals surface area contributed by atoms with Crippen molar-refractivity contribution >= 4 is 23.5 Å². The molecule has 2 aromatic carbocycles. The number of rotatable bonds is 2. The first-order valence-corrected chi connectivity index (χ1v) is 9.32. The summed E-state index contributed by atoms with van der Waals surface area (Å²) in [5.74, 6) is -0.0709. The molecule has 2 aliphatic heterocycles. The second kappa shape index (κ2) is 5.89. The van der Waals surface area contributed by atoms with Gasteiger partial charge in [0.15, 0.2) is 5.78 Å². The summed E-state index contributed by atoms with van der Waals surface area (Å²) in [5.41, 5.74) is 3.79. The van der Waals surface area contributed by atoms with Crippen molar-refractivity contribution in [1.82, 2.24) is 5.43 Å². The number of aliphatic imine (C=N–C) groups is 1. The highest BCUT2D eigenvalue weighted by molar-refractivity contribution is 6.25. The van der Waals surface area contributed by atoms with Crippen LogP contribution < -0.4 is 5.43 Å². The van der Waals surface area contributed by atoms with Gasteiger partial charge in [-0.25, -0.2) is 4.99 Å². The summed E-state index contributed by atoms with van der Waals surface area (Å²) in [6.45, 7) is 1.89. The van der Waals surface area contributed by atoms with Crippen molar-refractivity contribution < 1.29 is 18.0 Å². The van der Waals surface area contributed by atoms with E-state index in [4.69, 9.17) is 0 Å². The number of Topliss-reactive ketones (excluding diaryl/α,β-unsaturated/α-hetero) is 1. The molecule has 0 radical (unpaired) electrons. The van der Waals surface area contributed by atoms with Crippen LogP contribution in [0.15, 0.2) is 64.2 Å². The molecule has 29 heavy (non-hydrogen) atoms. The molecule has 0 amide bonds. The van der Waals surface area contributed by atoms with Crippen molar-refractivity contribution in [2.75, 3.05) is 0 Å². The maximum Gasteiger partial charge on any atom is 0.416 e. The first kappa shape index (κ1) is 17.8. The number of halogens is 3. The third kappa shape index (κ3) is 2.30.